The second-order valence-corrected chi connectivity index (χ2v) is 5.88. The lowest BCUT2D eigenvalue weighted by Crippen LogP contribution is -2.33. The topological polar surface area (TPSA) is 25.4 Å². The molecule has 0 saturated carbocycles. The first-order chi connectivity index (χ1) is 11.5. The molecule has 0 N–H and O–H groups in total. The lowest BCUT2D eigenvalue weighted by molar-refractivity contribution is -0.141. The Morgan fingerprint density at radius 3 is 2.42 bits per heavy atom. The number of methoxy groups -OCH3 is 1. The van der Waals surface area contributed by atoms with E-state index in [4.69, 9.17) is 4.74 Å². The summed E-state index contributed by atoms with van der Waals surface area (Å²) in [5.41, 5.74) is 0.323. The van der Waals surface area contributed by atoms with E-state index < -0.39 is 11.9 Å². The summed E-state index contributed by atoms with van der Waals surface area (Å²) in [4.78, 5) is 5.69. The molecule has 6 heteroatoms. The fraction of sp³-hybridized carbons (Fsp3) is 0.389. The Balaban J connectivity index is 1.71. The Morgan fingerprint density at radius 2 is 1.75 bits per heavy atom. The number of pyridine rings is 1. The van der Waals surface area contributed by atoms with Gasteiger partial charge in [-0.25, -0.2) is 4.98 Å². The number of hydrogen-bond acceptors (Lipinski definition) is 3. The summed E-state index contributed by atoms with van der Waals surface area (Å²) < 4.78 is 43.8. The molecule has 0 amide bonds. The minimum atomic E-state index is -4.41. The van der Waals surface area contributed by atoms with Crippen molar-refractivity contribution in [2.45, 2.75) is 24.9 Å². The van der Waals surface area contributed by atoms with Crippen molar-refractivity contribution < 1.29 is 17.9 Å². The van der Waals surface area contributed by atoms with Gasteiger partial charge in [0.25, 0.3) is 0 Å². The molecule has 1 saturated heterocycles. The van der Waals surface area contributed by atoms with Gasteiger partial charge in [0.1, 0.15) is 17.3 Å². The van der Waals surface area contributed by atoms with Gasteiger partial charge in [0.15, 0.2) is 0 Å². The number of halogens is 3. The van der Waals surface area contributed by atoms with Gasteiger partial charge < -0.3 is 9.64 Å². The zero-order valence-electron chi connectivity index (χ0n) is 13.4. The van der Waals surface area contributed by atoms with E-state index in [9.17, 15) is 13.2 Å². The number of hydrogen-bond donors (Lipinski definition) is 0. The van der Waals surface area contributed by atoms with E-state index in [1.807, 2.05) is 23.1 Å². The Bertz CT molecular complexity index is 695. The van der Waals surface area contributed by atoms with Crippen molar-refractivity contribution in [3.05, 3.63) is 53.7 Å². The van der Waals surface area contributed by atoms with Crippen LogP contribution in [0.5, 0.6) is 5.75 Å². The van der Waals surface area contributed by atoms with Crippen molar-refractivity contribution in [3.8, 4) is 5.75 Å². The van der Waals surface area contributed by atoms with E-state index >= 15 is 0 Å². The normalized spacial score (nSPS) is 16.2. The molecule has 3 rings (SSSR count). The lowest BCUT2D eigenvalue weighted by Gasteiger charge is -2.33. The van der Waals surface area contributed by atoms with Gasteiger partial charge in [-0.1, -0.05) is 24.3 Å². The molecule has 0 radical (unpaired) electrons. The number of rotatable bonds is 3. The number of alkyl halides is 3. The van der Waals surface area contributed by atoms with Gasteiger partial charge in [0.05, 0.1) is 7.11 Å². The summed E-state index contributed by atoms with van der Waals surface area (Å²) >= 11 is 0. The zero-order valence-corrected chi connectivity index (χ0v) is 13.4. The third-order valence-electron chi connectivity index (χ3n) is 4.42. The monoisotopic (exact) mass is 336 g/mol. The number of anilines is 1. The number of benzene rings is 1. The van der Waals surface area contributed by atoms with Crippen LogP contribution in [0.2, 0.25) is 0 Å². The molecule has 0 unspecified atom stereocenters. The number of piperidine rings is 1. The van der Waals surface area contributed by atoms with Crippen LogP contribution in [-0.2, 0) is 6.18 Å². The molecule has 2 heterocycles. The summed E-state index contributed by atoms with van der Waals surface area (Å²) in [6.45, 7) is 1.36. The van der Waals surface area contributed by atoms with Gasteiger partial charge in [-0.3, -0.25) is 0 Å². The van der Waals surface area contributed by atoms with Gasteiger partial charge in [-0.05, 0) is 42.5 Å². The summed E-state index contributed by atoms with van der Waals surface area (Å²) in [5.74, 6) is 1.61. The quantitative estimate of drug-likeness (QED) is 0.825. The molecule has 1 aliphatic rings. The fourth-order valence-electron chi connectivity index (χ4n) is 3.18. The summed E-state index contributed by atoms with van der Waals surface area (Å²) in [6.07, 6.45) is -2.69. The first-order valence-electron chi connectivity index (χ1n) is 7.91. The van der Waals surface area contributed by atoms with E-state index in [0.29, 0.717) is 24.8 Å². The van der Waals surface area contributed by atoms with Crippen molar-refractivity contribution in [2.24, 2.45) is 0 Å². The standard InChI is InChI=1S/C18H19F3N2O/c1-24-15-6-3-2-5-14(15)13-9-11-23(12-10-13)17-8-4-7-16(22-17)18(19,20)21/h2-8,13H,9-12H2,1H3. The minimum Gasteiger partial charge on any atom is -0.496 e. The maximum atomic E-state index is 12.8. The number of ether oxygens (including phenoxy) is 1. The lowest BCUT2D eigenvalue weighted by atomic mass is 9.89. The highest BCUT2D eigenvalue weighted by atomic mass is 19.4. The highest BCUT2D eigenvalue weighted by Gasteiger charge is 2.33. The molecule has 24 heavy (non-hydrogen) atoms. The van der Waals surface area contributed by atoms with Gasteiger partial charge in [-0.15, -0.1) is 0 Å². The van der Waals surface area contributed by atoms with E-state index in [0.717, 1.165) is 30.2 Å². The van der Waals surface area contributed by atoms with Crippen LogP contribution in [-0.4, -0.2) is 25.2 Å². The number of nitrogens with zero attached hydrogens (tertiary/aromatic N) is 2. The van der Waals surface area contributed by atoms with Crippen LogP contribution >= 0.6 is 0 Å². The predicted molar refractivity (Wildman–Crippen MR) is 86.4 cm³/mol. The second-order valence-electron chi connectivity index (χ2n) is 5.88. The molecule has 0 spiro atoms. The van der Waals surface area contributed by atoms with Gasteiger partial charge in [0, 0.05) is 13.1 Å². The highest BCUT2D eigenvalue weighted by Crippen LogP contribution is 2.35. The summed E-state index contributed by atoms with van der Waals surface area (Å²) in [7, 11) is 1.65. The van der Waals surface area contributed by atoms with E-state index in [2.05, 4.69) is 11.1 Å². The minimum absolute atomic E-state index is 0.350. The summed E-state index contributed by atoms with van der Waals surface area (Å²) in [5, 5.41) is 0. The Hall–Kier alpha value is -2.24. The Kier molecular flexibility index (Phi) is 4.64. The molecule has 1 aromatic carbocycles. The maximum absolute atomic E-state index is 12.8. The summed E-state index contributed by atoms with van der Waals surface area (Å²) in [6, 6.07) is 12.0. The highest BCUT2D eigenvalue weighted by molar-refractivity contribution is 5.42. The number of para-hydroxylation sites is 1. The molecule has 0 aliphatic carbocycles. The smallest absolute Gasteiger partial charge is 0.433 e. The van der Waals surface area contributed by atoms with Crippen LogP contribution in [0.3, 0.4) is 0 Å². The first-order valence-corrected chi connectivity index (χ1v) is 7.91. The molecule has 2 aromatic rings. The molecule has 128 valence electrons. The molecular weight excluding hydrogens is 317 g/mol. The van der Waals surface area contributed by atoms with Crippen LogP contribution in [0, 0.1) is 0 Å². The van der Waals surface area contributed by atoms with E-state index in [-0.39, 0.29) is 0 Å². The third-order valence-corrected chi connectivity index (χ3v) is 4.42. The van der Waals surface area contributed by atoms with Crippen molar-refractivity contribution in [1.82, 2.24) is 4.98 Å². The van der Waals surface area contributed by atoms with Crippen LogP contribution < -0.4 is 9.64 Å². The number of aromatic nitrogens is 1. The molecule has 1 fully saturated rings. The van der Waals surface area contributed by atoms with Crippen LogP contribution in [0.1, 0.15) is 30.0 Å². The molecule has 0 bridgehead atoms. The largest absolute Gasteiger partial charge is 0.496 e. The molecule has 3 nitrogen and oxygen atoms in total. The predicted octanol–water partition coefficient (Wildman–Crippen LogP) is 4.49. The van der Waals surface area contributed by atoms with Gasteiger partial charge in [-0.2, -0.15) is 13.2 Å². The van der Waals surface area contributed by atoms with Crippen molar-refractivity contribution in [2.75, 3.05) is 25.1 Å². The first kappa shape index (κ1) is 16.6. The third kappa shape index (κ3) is 3.47. The molecule has 1 aromatic heterocycles. The van der Waals surface area contributed by atoms with Gasteiger partial charge in [0.2, 0.25) is 0 Å². The molecule has 0 atom stereocenters. The zero-order chi connectivity index (χ0) is 17.2. The molecule has 1 aliphatic heterocycles. The van der Waals surface area contributed by atoms with Crippen molar-refractivity contribution in [1.29, 1.82) is 0 Å². The van der Waals surface area contributed by atoms with Crippen LogP contribution in [0.25, 0.3) is 0 Å². The molecular formula is C18H19F3N2O. The average molecular weight is 336 g/mol. The Morgan fingerprint density at radius 1 is 1.04 bits per heavy atom. The van der Waals surface area contributed by atoms with Crippen LogP contribution in [0.15, 0.2) is 42.5 Å². The maximum Gasteiger partial charge on any atom is 0.433 e. The van der Waals surface area contributed by atoms with Crippen molar-refractivity contribution in [3.63, 3.8) is 0 Å². The second kappa shape index (κ2) is 6.71. The fourth-order valence-corrected chi connectivity index (χ4v) is 3.18. The average Bonchev–Trinajstić information content (AvgIpc) is 2.61. The van der Waals surface area contributed by atoms with Crippen LogP contribution in [0.4, 0.5) is 19.0 Å². The SMILES string of the molecule is COc1ccccc1C1CCN(c2cccc(C(F)(F)F)n2)CC1. The van der Waals surface area contributed by atoms with Gasteiger partial charge >= 0.3 is 6.18 Å². The van der Waals surface area contributed by atoms with E-state index in [1.165, 1.54) is 6.07 Å². The Labute approximate surface area is 139 Å². The van der Waals surface area contributed by atoms with E-state index in [1.54, 1.807) is 13.2 Å². The van der Waals surface area contributed by atoms with Crippen molar-refractivity contribution >= 4 is 5.82 Å².